The van der Waals surface area contributed by atoms with Gasteiger partial charge in [0.15, 0.2) is 5.82 Å². The second-order valence-corrected chi connectivity index (χ2v) is 7.09. The highest BCUT2D eigenvalue weighted by molar-refractivity contribution is 8.00. The number of aromatic nitrogens is 2. The van der Waals surface area contributed by atoms with Gasteiger partial charge in [0.25, 0.3) is 0 Å². The third-order valence-corrected chi connectivity index (χ3v) is 5.55. The SMILES string of the molecule is CSc1ccc(CNc2nc(-c3ccccc3)ns2)s1. The molecule has 20 heavy (non-hydrogen) atoms. The van der Waals surface area contributed by atoms with E-state index in [4.69, 9.17) is 0 Å². The minimum absolute atomic E-state index is 0.786. The van der Waals surface area contributed by atoms with Crippen molar-refractivity contribution in [3.05, 3.63) is 47.3 Å². The van der Waals surface area contributed by atoms with Crippen molar-refractivity contribution in [2.75, 3.05) is 11.6 Å². The zero-order valence-corrected chi connectivity index (χ0v) is 13.3. The molecular formula is C14H13N3S3. The van der Waals surface area contributed by atoms with Crippen LogP contribution in [0.5, 0.6) is 0 Å². The standard InChI is InChI=1S/C14H13N3S3/c1-18-12-8-7-11(19-12)9-15-14-16-13(17-20-14)10-5-3-2-4-6-10/h2-8H,9H2,1H3,(H,15,16,17). The second-order valence-electron chi connectivity index (χ2n) is 4.07. The molecule has 0 fully saturated rings. The predicted octanol–water partition coefficient (Wildman–Crippen LogP) is 4.60. The first-order chi connectivity index (χ1) is 9.85. The van der Waals surface area contributed by atoms with Gasteiger partial charge < -0.3 is 5.32 Å². The van der Waals surface area contributed by atoms with Crippen LogP contribution in [0.25, 0.3) is 11.4 Å². The molecule has 2 heterocycles. The van der Waals surface area contributed by atoms with Gasteiger partial charge in [0.2, 0.25) is 5.13 Å². The monoisotopic (exact) mass is 319 g/mol. The van der Waals surface area contributed by atoms with E-state index in [0.717, 1.165) is 23.1 Å². The van der Waals surface area contributed by atoms with Crippen LogP contribution in [-0.4, -0.2) is 15.6 Å². The molecule has 6 heteroatoms. The van der Waals surface area contributed by atoms with Crippen LogP contribution in [0.15, 0.2) is 46.7 Å². The third kappa shape index (κ3) is 3.20. The van der Waals surface area contributed by atoms with Gasteiger partial charge in [-0.2, -0.15) is 9.36 Å². The highest BCUT2D eigenvalue weighted by Crippen LogP contribution is 2.26. The summed E-state index contributed by atoms with van der Waals surface area (Å²) in [5, 5.41) is 4.20. The fourth-order valence-corrected chi connectivity index (χ4v) is 3.84. The number of rotatable bonds is 5. The maximum absolute atomic E-state index is 4.52. The van der Waals surface area contributed by atoms with Crippen molar-refractivity contribution in [1.29, 1.82) is 0 Å². The lowest BCUT2D eigenvalue weighted by Gasteiger charge is -1.98. The van der Waals surface area contributed by atoms with Crippen molar-refractivity contribution >= 4 is 39.8 Å². The number of thioether (sulfide) groups is 1. The van der Waals surface area contributed by atoms with Crippen LogP contribution in [-0.2, 0) is 6.54 Å². The van der Waals surface area contributed by atoms with Crippen LogP contribution in [0.1, 0.15) is 4.88 Å². The van der Waals surface area contributed by atoms with Crippen LogP contribution < -0.4 is 5.32 Å². The molecule has 0 saturated heterocycles. The quantitative estimate of drug-likeness (QED) is 0.697. The summed E-state index contributed by atoms with van der Waals surface area (Å²) in [4.78, 5) is 5.83. The molecule has 3 nitrogen and oxygen atoms in total. The van der Waals surface area contributed by atoms with Crippen molar-refractivity contribution < 1.29 is 0 Å². The molecule has 102 valence electrons. The molecule has 1 N–H and O–H groups in total. The summed E-state index contributed by atoms with van der Waals surface area (Å²) in [6.07, 6.45) is 2.10. The molecule has 0 aliphatic heterocycles. The number of benzene rings is 1. The Balaban J connectivity index is 1.65. The van der Waals surface area contributed by atoms with Gasteiger partial charge in [0, 0.05) is 22.0 Å². The van der Waals surface area contributed by atoms with Gasteiger partial charge >= 0.3 is 0 Å². The lowest BCUT2D eigenvalue weighted by atomic mass is 10.2. The zero-order chi connectivity index (χ0) is 13.8. The zero-order valence-electron chi connectivity index (χ0n) is 10.9. The molecule has 2 aromatic heterocycles. The number of anilines is 1. The Morgan fingerprint density at radius 1 is 1.15 bits per heavy atom. The Hall–Kier alpha value is -1.37. The Bertz CT molecular complexity index is 676. The van der Waals surface area contributed by atoms with Gasteiger partial charge in [-0.25, -0.2) is 0 Å². The number of hydrogen-bond donors (Lipinski definition) is 1. The summed E-state index contributed by atoms with van der Waals surface area (Å²) < 4.78 is 5.72. The molecule has 0 radical (unpaired) electrons. The highest BCUT2D eigenvalue weighted by atomic mass is 32.2. The second kappa shape index (κ2) is 6.39. The van der Waals surface area contributed by atoms with E-state index in [1.807, 2.05) is 41.7 Å². The molecule has 1 aromatic carbocycles. The normalized spacial score (nSPS) is 10.7. The van der Waals surface area contributed by atoms with Crippen LogP contribution in [0.2, 0.25) is 0 Å². The molecule has 0 aliphatic carbocycles. The summed E-state index contributed by atoms with van der Waals surface area (Å²) >= 11 is 4.99. The topological polar surface area (TPSA) is 37.8 Å². The number of hydrogen-bond acceptors (Lipinski definition) is 6. The van der Waals surface area contributed by atoms with E-state index in [-0.39, 0.29) is 0 Å². The molecule has 0 aliphatic rings. The molecule has 0 saturated carbocycles. The highest BCUT2D eigenvalue weighted by Gasteiger charge is 2.06. The molecule has 0 atom stereocenters. The minimum Gasteiger partial charge on any atom is -0.355 e. The summed E-state index contributed by atoms with van der Waals surface area (Å²) in [5.41, 5.74) is 1.05. The third-order valence-electron chi connectivity index (χ3n) is 2.71. The van der Waals surface area contributed by atoms with Crippen molar-refractivity contribution in [3.8, 4) is 11.4 Å². The number of nitrogens with zero attached hydrogens (tertiary/aromatic N) is 2. The molecule has 0 unspecified atom stereocenters. The summed E-state index contributed by atoms with van der Waals surface area (Å²) in [6.45, 7) is 0.800. The average Bonchev–Trinajstić information content (AvgIpc) is 3.15. The van der Waals surface area contributed by atoms with Gasteiger partial charge in [-0.1, -0.05) is 30.3 Å². The van der Waals surface area contributed by atoms with E-state index in [1.165, 1.54) is 20.6 Å². The Morgan fingerprint density at radius 3 is 2.75 bits per heavy atom. The van der Waals surface area contributed by atoms with Gasteiger partial charge in [0.05, 0.1) is 10.8 Å². The minimum atomic E-state index is 0.786. The van der Waals surface area contributed by atoms with Crippen molar-refractivity contribution in [2.24, 2.45) is 0 Å². The van der Waals surface area contributed by atoms with E-state index in [0.29, 0.717) is 0 Å². The Kier molecular flexibility index (Phi) is 4.34. The summed E-state index contributed by atoms with van der Waals surface area (Å²) in [5.74, 6) is 0.786. The largest absolute Gasteiger partial charge is 0.355 e. The molecule has 0 bridgehead atoms. The molecule has 3 aromatic rings. The van der Waals surface area contributed by atoms with E-state index in [1.54, 1.807) is 11.8 Å². The average molecular weight is 319 g/mol. The first-order valence-corrected chi connectivity index (χ1v) is 8.92. The first-order valence-electron chi connectivity index (χ1n) is 6.11. The van der Waals surface area contributed by atoms with Gasteiger partial charge in [-0.15, -0.1) is 23.1 Å². The van der Waals surface area contributed by atoms with Crippen LogP contribution in [0, 0.1) is 0 Å². The Labute approximate surface area is 130 Å². The van der Waals surface area contributed by atoms with Crippen LogP contribution in [0.4, 0.5) is 5.13 Å². The predicted molar refractivity (Wildman–Crippen MR) is 88.8 cm³/mol. The van der Waals surface area contributed by atoms with E-state index in [9.17, 15) is 0 Å². The number of thiophene rings is 1. The van der Waals surface area contributed by atoms with Crippen molar-refractivity contribution in [2.45, 2.75) is 10.8 Å². The van der Waals surface area contributed by atoms with Gasteiger partial charge in [-0.05, 0) is 18.4 Å². The smallest absolute Gasteiger partial charge is 0.203 e. The lowest BCUT2D eigenvalue weighted by molar-refractivity contribution is 1.17. The first kappa shape index (κ1) is 13.6. The van der Waals surface area contributed by atoms with Crippen molar-refractivity contribution in [1.82, 2.24) is 9.36 Å². The summed E-state index contributed by atoms with van der Waals surface area (Å²) in [7, 11) is 0. The number of nitrogens with one attached hydrogen (secondary N) is 1. The van der Waals surface area contributed by atoms with E-state index in [2.05, 4.69) is 33.1 Å². The van der Waals surface area contributed by atoms with E-state index >= 15 is 0 Å². The molecular weight excluding hydrogens is 306 g/mol. The molecule has 0 amide bonds. The van der Waals surface area contributed by atoms with Crippen LogP contribution >= 0.6 is 34.6 Å². The van der Waals surface area contributed by atoms with Gasteiger partial charge in [-0.3, -0.25) is 0 Å². The maximum Gasteiger partial charge on any atom is 0.203 e. The fourth-order valence-electron chi connectivity index (χ4n) is 1.73. The lowest BCUT2D eigenvalue weighted by Crippen LogP contribution is -1.96. The molecule has 3 rings (SSSR count). The van der Waals surface area contributed by atoms with Gasteiger partial charge in [0.1, 0.15) is 0 Å². The van der Waals surface area contributed by atoms with E-state index < -0.39 is 0 Å². The van der Waals surface area contributed by atoms with Crippen LogP contribution in [0.3, 0.4) is 0 Å². The van der Waals surface area contributed by atoms with Crippen molar-refractivity contribution in [3.63, 3.8) is 0 Å². The summed E-state index contributed by atoms with van der Waals surface area (Å²) in [6, 6.07) is 14.4. The maximum atomic E-state index is 4.52. The Morgan fingerprint density at radius 2 is 2.00 bits per heavy atom. The fraction of sp³-hybridized carbons (Fsp3) is 0.143. The molecule has 0 spiro atoms.